The molecule has 1 amide bonds. The fourth-order valence-corrected chi connectivity index (χ4v) is 3.14. The van der Waals surface area contributed by atoms with Crippen molar-refractivity contribution in [1.29, 1.82) is 0 Å². The number of carbonyl (C=O) groups is 1. The molecule has 0 saturated heterocycles. The summed E-state index contributed by atoms with van der Waals surface area (Å²) in [6, 6.07) is 12.9. The van der Waals surface area contributed by atoms with Crippen LogP contribution in [0.2, 0.25) is 5.02 Å². The Morgan fingerprint density at radius 1 is 1.22 bits per heavy atom. The van der Waals surface area contributed by atoms with Crippen molar-refractivity contribution < 1.29 is 14.3 Å². The van der Waals surface area contributed by atoms with E-state index in [1.165, 1.54) is 6.33 Å². The largest absolute Gasteiger partial charge is 0.493 e. The zero-order valence-corrected chi connectivity index (χ0v) is 15.3. The first-order chi connectivity index (χ1) is 13.1. The topological polar surface area (TPSA) is 78.3 Å². The molecule has 0 unspecified atom stereocenters. The molecule has 2 aromatic carbocycles. The summed E-state index contributed by atoms with van der Waals surface area (Å²) in [6.45, 7) is 0.395. The second-order valence-corrected chi connectivity index (χ2v) is 6.56. The molecule has 8 heteroatoms. The normalized spacial score (nSPS) is 15.8. The van der Waals surface area contributed by atoms with E-state index in [9.17, 15) is 4.79 Å². The summed E-state index contributed by atoms with van der Waals surface area (Å²) in [6.07, 6.45) is 1.71. The van der Waals surface area contributed by atoms with Crippen LogP contribution in [0.1, 0.15) is 23.6 Å². The number of fused-ring (bicyclic) bond motifs is 1. The first-order valence-corrected chi connectivity index (χ1v) is 8.76. The van der Waals surface area contributed by atoms with Crippen molar-refractivity contribution in [2.24, 2.45) is 0 Å². The Bertz CT molecular complexity index is 971. The minimum Gasteiger partial charge on any atom is -0.493 e. The summed E-state index contributed by atoms with van der Waals surface area (Å²) in [7, 11) is 1.59. The highest BCUT2D eigenvalue weighted by atomic mass is 35.5. The average Bonchev–Trinajstić information content (AvgIpc) is 3.15. The zero-order chi connectivity index (χ0) is 18.8. The molecule has 1 N–H and O–H groups in total. The molecule has 0 radical (unpaired) electrons. The van der Waals surface area contributed by atoms with Crippen LogP contribution in [0.3, 0.4) is 0 Å². The first-order valence-electron chi connectivity index (χ1n) is 8.38. The molecule has 0 spiro atoms. The van der Waals surface area contributed by atoms with E-state index >= 15 is 0 Å². The highest BCUT2D eigenvalue weighted by molar-refractivity contribution is 6.30. The van der Waals surface area contributed by atoms with Gasteiger partial charge in [0.15, 0.2) is 11.5 Å². The van der Waals surface area contributed by atoms with Crippen LogP contribution in [0.5, 0.6) is 11.5 Å². The summed E-state index contributed by atoms with van der Waals surface area (Å²) in [5.74, 6) is 1.56. The number of anilines is 1. The van der Waals surface area contributed by atoms with Gasteiger partial charge in [0.2, 0.25) is 11.9 Å². The molecular formula is C19H17ClN4O3. The summed E-state index contributed by atoms with van der Waals surface area (Å²) >= 11 is 5.90. The third-order valence-electron chi connectivity index (χ3n) is 4.38. The number of methoxy groups -OCH3 is 1. The quantitative estimate of drug-likeness (QED) is 0.729. The maximum atomic E-state index is 12.0. The number of amides is 1. The minimum absolute atomic E-state index is 0.0949. The second-order valence-electron chi connectivity index (χ2n) is 6.12. The smallest absolute Gasteiger partial charge is 0.229 e. The van der Waals surface area contributed by atoms with Gasteiger partial charge in [0.05, 0.1) is 19.6 Å². The summed E-state index contributed by atoms with van der Waals surface area (Å²) in [5.41, 5.74) is 1.90. The molecule has 138 valence electrons. The van der Waals surface area contributed by atoms with Gasteiger partial charge in [-0.05, 0) is 35.4 Å². The van der Waals surface area contributed by atoms with Gasteiger partial charge < -0.3 is 9.47 Å². The van der Waals surface area contributed by atoms with E-state index in [0.717, 1.165) is 11.1 Å². The number of ether oxygens (including phenoxy) is 2. The lowest BCUT2D eigenvalue weighted by atomic mass is 10.0. The molecule has 7 nitrogen and oxygen atoms in total. The minimum atomic E-state index is -0.240. The highest BCUT2D eigenvalue weighted by Crippen LogP contribution is 2.35. The lowest BCUT2D eigenvalue weighted by molar-refractivity contribution is -0.117. The molecule has 4 rings (SSSR count). The van der Waals surface area contributed by atoms with E-state index in [1.54, 1.807) is 11.8 Å². The van der Waals surface area contributed by atoms with E-state index in [0.29, 0.717) is 29.1 Å². The van der Waals surface area contributed by atoms with Crippen molar-refractivity contribution in [3.05, 3.63) is 64.9 Å². The molecule has 1 atom stereocenters. The molecule has 27 heavy (non-hydrogen) atoms. The van der Waals surface area contributed by atoms with Crippen molar-refractivity contribution >= 4 is 23.5 Å². The molecule has 3 aromatic rings. The summed E-state index contributed by atoms with van der Waals surface area (Å²) < 4.78 is 13.1. The highest BCUT2D eigenvalue weighted by Gasteiger charge is 2.28. The Labute approximate surface area is 160 Å². The lowest BCUT2D eigenvalue weighted by Gasteiger charge is -2.24. The maximum Gasteiger partial charge on any atom is 0.229 e. The van der Waals surface area contributed by atoms with Gasteiger partial charge in [-0.1, -0.05) is 29.8 Å². The van der Waals surface area contributed by atoms with Crippen LogP contribution < -0.4 is 14.8 Å². The van der Waals surface area contributed by atoms with Gasteiger partial charge in [-0.3, -0.25) is 10.1 Å². The fourth-order valence-electron chi connectivity index (χ4n) is 3.02. The van der Waals surface area contributed by atoms with E-state index in [4.69, 9.17) is 21.1 Å². The maximum absolute atomic E-state index is 12.0. The van der Waals surface area contributed by atoms with Crippen LogP contribution in [-0.4, -0.2) is 27.8 Å². The van der Waals surface area contributed by atoms with Crippen molar-refractivity contribution in [2.45, 2.75) is 19.1 Å². The molecule has 0 aliphatic carbocycles. The number of aromatic nitrogens is 3. The molecule has 1 aliphatic rings. The molecule has 1 aromatic heterocycles. The van der Waals surface area contributed by atoms with Crippen LogP contribution in [0, 0.1) is 0 Å². The number of nitrogens with zero attached hydrogens (tertiary/aromatic N) is 3. The van der Waals surface area contributed by atoms with Crippen LogP contribution in [0.15, 0.2) is 48.8 Å². The SMILES string of the molecule is COc1cc([C@@H]2CC(=O)Nc3ncnn32)ccc1OCc1ccc(Cl)cc1. The molecule has 1 aliphatic heterocycles. The van der Waals surface area contributed by atoms with E-state index in [2.05, 4.69) is 15.4 Å². The number of halogens is 1. The monoisotopic (exact) mass is 384 g/mol. The average molecular weight is 385 g/mol. The molecule has 0 saturated carbocycles. The Balaban J connectivity index is 1.57. The van der Waals surface area contributed by atoms with Gasteiger partial charge in [0, 0.05) is 5.02 Å². The van der Waals surface area contributed by atoms with E-state index in [1.807, 2.05) is 42.5 Å². The number of rotatable bonds is 5. The van der Waals surface area contributed by atoms with Gasteiger partial charge in [-0.25, -0.2) is 4.68 Å². The Morgan fingerprint density at radius 3 is 2.81 bits per heavy atom. The molecular weight excluding hydrogens is 368 g/mol. The van der Waals surface area contributed by atoms with Gasteiger partial charge in [0.25, 0.3) is 0 Å². The predicted molar refractivity (Wildman–Crippen MR) is 100 cm³/mol. The predicted octanol–water partition coefficient (Wildman–Crippen LogP) is 3.45. The Kier molecular flexibility index (Phi) is 4.68. The first kappa shape index (κ1) is 17.4. The van der Waals surface area contributed by atoms with Crippen molar-refractivity contribution in [1.82, 2.24) is 14.8 Å². The van der Waals surface area contributed by atoms with Gasteiger partial charge in [-0.15, -0.1) is 0 Å². The number of hydrogen-bond acceptors (Lipinski definition) is 5. The van der Waals surface area contributed by atoms with Crippen molar-refractivity contribution in [3.8, 4) is 11.5 Å². The van der Waals surface area contributed by atoms with Crippen molar-refractivity contribution in [2.75, 3.05) is 12.4 Å². The molecule has 2 heterocycles. The Hall–Kier alpha value is -3.06. The Morgan fingerprint density at radius 2 is 2.04 bits per heavy atom. The summed E-state index contributed by atoms with van der Waals surface area (Å²) in [5, 5.41) is 7.61. The number of carbonyl (C=O) groups excluding carboxylic acids is 1. The van der Waals surface area contributed by atoms with Crippen LogP contribution >= 0.6 is 11.6 Å². The zero-order valence-electron chi connectivity index (χ0n) is 14.6. The van der Waals surface area contributed by atoms with Crippen LogP contribution in [0.25, 0.3) is 0 Å². The fraction of sp³-hybridized carbons (Fsp3) is 0.211. The second kappa shape index (κ2) is 7.28. The number of benzene rings is 2. The van der Waals surface area contributed by atoms with Crippen LogP contribution in [0.4, 0.5) is 5.95 Å². The van der Waals surface area contributed by atoms with E-state index in [-0.39, 0.29) is 18.4 Å². The van der Waals surface area contributed by atoms with Gasteiger partial charge in [0.1, 0.15) is 12.9 Å². The number of hydrogen-bond donors (Lipinski definition) is 1. The standard InChI is InChI=1S/C19H17ClN4O3/c1-26-17-8-13(15-9-18(25)23-19-21-11-22-24(15)19)4-7-16(17)27-10-12-2-5-14(20)6-3-12/h2-8,11,15H,9-10H2,1H3,(H,21,22,23,25)/t15-/m0/s1. The molecule has 0 fully saturated rings. The van der Waals surface area contributed by atoms with Gasteiger partial charge in [-0.2, -0.15) is 10.1 Å². The summed E-state index contributed by atoms with van der Waals surface area (Å²) in [4.78, 5) is 16.0. The van der Waals surface area contributed by atoms with Crippen molar-refractivity contribution in [3.63, 3.8) is 0 Å². The third-order valence-corrected chi connectivity index (χ3v) is 4.63. The van der Waals surface area contributed by atoms with Crippen LogP contribution in [-0.2, 0) is 11.4 Å². The third kappa shape index (κ3) is 3.59. The molecule has 0 bridgehead atoms. The lowest BCUT2D eigenvalue weighted by Crippen LogP contribution is -2.29. The van der Waals surface area contributed by atoms with Gasteiger partial charge >= 0.3 is 0 Å². The number of nitrogens with one attached hydrogen (secondary N) is 1. The van der Waals surface area contributed by atoms with E-state index < -0.39 is 0 Å².